The number of amides is 1. The lowest BCUT2D eigenvalue weighted by atomic mass is 10.0. The molecule has 2 atom stereocenters. The summed E-state index contributed by atoms with van der Waals surface area (Å²) in [6.07, 6.45) is -0.0129. The monoisotopic (exact) mass is 430 g/mol. The molecule has 1 aliphatic rings. The van der Waals surface area contributed by atoms with E-state index < -0.39 is 10.0 Å². The molecule has 2 aromatic carbocycles. The average Bonchev–Trinajstić information content (AvgIpc) is 2.65. The lowest BCUT2D eigenvalue weighted by Crippen LogP contribution is -2.48. The van der Waals surface area contributed by atoms with Crippen LogP contribution in [0.25, 0.3) is 0 Å². The minimum atomic E-state index is -3.75. The molecule has 7 heteroatoms. The van der Waals surface area contributed by atoms with E-state index in [0.717, 1.165) is 22.3 Å². The van der Waals surface area contributed by atoms with Gasteiger partial charge in [-0.3, -0.25) is 9.52 Å². The molecule has 0 aromatic heterocycles. The Morgan fingerprint density at radius 3 is 1.97 bits per heavy atom. The first kappa shape index (κ1) is 22.3. The smallest absolute Gasteiger partial charge is 0.262 e. The molecule has 0 spiro atoms. The summed E-state index contributed by atoms with van der Waals surface area (Å²) < 4.78 is 34.5. The summed E-state index contributed by atoms with van der Waals surface area (Å²) in [4.78, 5) is 14.9. The summed E-state index contributed by atoms with van der Waals surface area (Å²) in [6.45, 7) is 12.5. The predicted molar refractivity (Wildman–Crippen MR) is 119 cm³/mol. The lowest BCUT2D eigenvalue weighted by Gasteiger charge is -2.35. The number of rotatable bonds is 4. The van der Waals surface area contributed by atoms with Crippen molar-refractivity contribution in [2.75, 3.05) is 17.8 Å². The van der Waals surface area contributed by atoms with Gasteiger partial charge in [-0.25, -0.2) is 8.42 Å². The second-order valence-electron chi connectivity index (χ2n) is 8.24. The van der Waals surface area contributed by atoms with Gasteiger partial charge in [0.1, 0.15) is 0 Å². The fourth-order valence-corrected chi connectivity index (χ4v) is 5.67. The minimum Gasteiger partial charge on any atom is -0.372 e. The van der Waals surface area contributed by atoms with E-state index >= 15 is 0 Å². The molecule has 30 heavy (non-hydrogen) atoms. The largest absolute Gasteiger partial charge is 0.372 e. The summed E-state index contributed by atoms with van der Waals surface area (Å²) in [5, 5.41) is 0. The number of aryl methyl sites for hydroxylation is 2. The predicted octanol–water partition coefficient (Wildman–Crippen LogP) is 3.97. The number of anilines is 1. The number of hydrogen-bond acceptors (Lipinski definition) is 4. The average molecular weight is 431 g/mol. The molecular weight excluding hydrogens is 400 g/mol. The normalized spacial score (nSPS) is 19.6. The Labute approximate surface area is 179 Å². The van der Waals surface area contributed by atoms with Gasteiger partial charge in [0.05, 0.1) is 17.1 Å². The SMILES string of the molecule is Cc1cc(C)c(C)c(S(=O)(=O)Nc2ccc(C(=O)N3C[C@@H](C)O[C@@H](C)C3)cc2)c1C. The molecule has 1 amide bonds. The Hall–Kier alpha value is -2.38. The van der Waals surface area contributed by atoms with Gasteiger partial charge in [-0.2, -0.15) is 0 Å². The summed E-state index contributed by atoms with van der Waals surface area (Å²) in [7, 11) is -3.75. The van der Waals surface area contributed by atoms with Gasteiger partial charge >= 0.3 is 0 Å². The molecular formula is C23H30N2O4S. The third kappa shape index (κ3) is 4.52. The first-order valence-electron chi connectivity index (χ1n) is 10.1. The molecule has 3 rings (SSSR count). The fraction of sp³-hybridized carbons (Fsp3) is 0.435. The van der Waals surface area contributed by atoms with Crippen molar-refractivity contribution in [3.63, 3.8) is 0 Å². The Morgan fingerprint density at radius 2 is 1.47 bits per heavy atom. The standard InChI is InChI=1S/C23H30N2O4S/c1-14-11-15(2)19(6)22(18(14)5)30(27,28)24-21-9-7-20(8-10-21)23(26)25-12-16(3)29-17(4)13-25/h7-11,16-17,24H,12-13H2,1-6H3/t16-,17+. The molecule has 1 aliphatic heterocycles. The number of benzene rings is 2. The van der Waals surface area contributed by atoms with Gasteiger partial charge in [-0.05, 0) is 88.1 Å². The van der Waals surface area contributed by atoms with E-state index in [1.54, 1.807) is 29.2 Å². The molecule has 6 nitrogen and oxygen atoms in total. The lowest BCUT2D eigenvalue weighted by molar-refractivity contribution is -0.0586. The number of carbonyl (C=O) groups excluding carboxylic acids is 1. The Bertz CT molecular complexity index is 1030. The zero-order valence-corrected chi connectivity index (χ0v) is 19.3. The van der Waals surface area contributed by atoms with Gasteiger partial charge in [0.15, 0.2) is 0 Å². The van der Waals surface area contributed by atoms with Crippen LogP contribution >= 0.6 is 0 Å². The van der Waals surface area contributed by atoms with Crippen LogP contribution in [0.4, 0.5) is 5.69 Å². The van der Waals surface area contributed by atoms with Gasteiger partial charge in [-0.1, -0.05) is 6.07 Å². The van der Waals surface area contributed by atoms with Crippen LogP contribution in [0, 0.1) is 27.7 Å². The molecule has 1 N–H and O–H groups in total. The highest BCUT2D eigenvalue weighted by Crippen LogP contribution is 2.28. The van der Waals surface area contributed by atoms with Crippen LogP contribution in [0.5, 0.6) is 0 Å². The highest BCUT2D eigenvalue weighted by Gasteiger charge is 2.27. The maximum Gasteiger partial charge on any atom is 0.262 e. The Morgan fingerprint density at radius 1 is 0.967 bits per heavy atom. The van der Waals surface area contributed by atoms with Gasteiger partial charge in [0.2, 0.25) is 0 Å². The van der Waals surface area contributed by atoms with Crippen LogP contribution in [-0.4, -0.2) is 44.5 Å². The Kier molecular flexibility index (Phi) is 6.24. The Balaban J connectivity index is 1.82. The maximum atomic E-state index is 13.1. The van der Waals surface area contributed by atoms with Crippen molar-refractivity contribution in [1.29, 1.82) is 0 Å². The summed E-state index contributed by atoms with van der Waals surface area (Å²) in [6, 6.07) is 8.58. The topological polar surface area (TPSA) is 75.7 Å². The maximum absolute atomic E-state index is 13.1. The molecule has 0 radical (unpaired) electrons. The second-order valence-corrected chi connectivity index (χ2v) is 9.86. The van der Waals surface area contributed by atoms with E-state index in [1.165, 1.54) is 0 Å². The van der Waals surface area contributed by atoms with Crippen LogP contribution in [-0.2, 0) is 14.8 Å². The molecule has 1 saturated heterocycles. The van der Waals surface area contributed by atoms with Crippen molar-refractivity contribution < 1.29 is 17.9 Å². The minimum absolute atomic E-state index is 0.00644. The molecule has 0 bridgehead atoms. The van der Waals surface area contributed by atoms with Gasteiger partial charge in [0.25, 0.3) is 15.9 Å². The summed E-state index contributed by atoms with van der Waals surface area (Å²) >= 11 is 0. The zero-order valence-electron chi connectivity index (χ0n) is 18.4. The molecule has 1 fully saturated rings. The van der Waals surface area contributed by atoms with Crippen molar-refractivity contribution in [1.82, 2.24) is 4.90 Å². The van der Waals surface area contributed by atoms with Gasteiger partial charge < -0.3 is 9.64 Å². The first-order chi connectivity index (χ1) is 14.0. The van der Waals surface area contributed by atoms with E-state index in [9.17, 15) is 13.2 Å². The molecule has 0 saturated carbocycles. The third-order valence-corrected chi connectivity index (χ3v) is 7.31. The van der Waals surface area contributed by atoms with E-state index in [4.69, 9.17) is 4.74 Å². The van der Waals surface area contributed by atoms with Crippen molar-refractivity contribution in [2.24, 2.45) is 0 Å². The van der Waals surface area contributed by atoms with Gasteiger partial charge in [0, 0.05) is 24.3 Å². The molecule has 0 aliphatic carbocycles. The summed E-state index contributed by atoms with van der Waals surface area (Å²) in [5.74, 6) is -0.0765. The number of nitrogens with zero attached hydrogens (tertiary/aromatic N) is 1. The molecule has 0 unspecified atom stereocenters. The quantitative estimate of drug-likeness (QED) is 0.796. The van der Waals surface area contributed by atoms with Crippen LogP contribution in [0.15, 0.2) is 35.2 Å². The van der Waals surface area contributed by atoms with Crippen molar-refractivity contribution in [3.8, 4) is 0 Å². The van der Waals surface area contributed by atoms with Crippen LogP contribution in [0.2, 0.25) is 0 Å². The highest BCUT2D eigenvalue weighted by atomic mass is 32.2. The van der Waals surface area contributed by atoms with E-state index in [1.807, 2.05) is 47.6 Å². The van der Waals surface area contributed by atoms with Crippen LogP contribution in [0.1, 0.15) is 46.5 Å². The van der Waals surface area contributed by atoms with Crippen LogP contribution in [0.3, 0.4) is 0 Å². The van der Waals surface area contributed by atoms with E-state index in [-0.39, 0.29) is 18.1 Å². The van der Waals surface area contributed by atoms with Crippen molar-refractivity contribution >= 4 is 21.6 Å². The summed E-state index contributed by atoms with van der Waals surface area (Å²) in [5.41, 5.74) is 4.31. The number of sulfonamides is 1. The number of hydrogen-bond donors (Lipinski definition) is 1. The van der Waals surface area contributed by atoms with Crippen LogP contribution < -0.4 is 4.72 Å². The second kappa shape index (κ2) is 8.40. The first-order valence-corrected chi connectivity index (χ1v) is 11.6. The highest BCUT2D eigenvalue weighted by molar-refractivity contribution is 7.92. The van der Waals surface area contributed by atoms with Crippen molar-refractivity contribution in [2.45, 2.75) is 58.6 Å². The van der Waals surface area contributed by atoms with Gasteiger partial charge in [-0.15, -0.1) is 0 Å². The molecule has 1 heterocycles. The third-order valence-electron chi connectivity index (χ3n) is 5.66. The molecule has 2 aromatic rings. The number of ether oxygens (including phenoxy) is 1. The molecule has 162 valence electrons. The number of carbonyl (C=O) groups is 1. The number of nitrogens with one attached hydrogen (secondary N) is 1. The van der Waals surface area contributed by atoms with E-state index in [2.05, 4.69) is 4.72 Å². The zero-order chi connectivity index (χ0) is 22.2. The number of morpholine rings is 1. The van der Waals surface area contributed by atoms with E-state index in [0.29, 0.717) is 29.2 Å². The van der Waals surface area contributed by atoms with Crippen molar-refractivity contribution in [3.05, 3.63) is 58.1 Å². The fourth-order valence-electron chi connectivity index (χ4n) is 4.00.